The molecule has 0 aliphatic heterocycles. The number of amidine groups is 1. The maximum Gasteiger partial charge on any atom is 0.326 e. The highest BCUT2D eigenvalue weighted by Gasteiger charge is 2.42. The summed E-state index contributed by atoms with van der Waals surface area (Å²) in [6.07, 6.45) is 5.19. The van der Waals surface area contributed by atoms with Crippen LogP contribution in [0.4, 0.5) is 0 Å². The number of rotatable bonds is 17. The highest BCUT2D eigenvalue weighted by atomic mass is 16.4. The Morgan fingerprint density at radius 3 is 2.21 bits per heavy atom. The van der Waals surface area contributed by atoms with E-state index in [4.69, 9.17) is 11.1 Å². The number of aromatic amines is 1. The number of fused-ring (bicyclic) bond motifs is 1. The number of carboxylic acid groups (broad SMARTS) is 1. The normalized spacial score (nSPS) is 15.0. The van der Waals surface area contributed by atoms with Gasteiger partial charge in [-0.3, -0.25) is 19.8 Å². The second-order valence-corrected chi connectivity index (χ2v) is 14.7. The average Bonchev–Trinajstić information content (AvgIpc) is 3.43. The van der Waals surface area contributed by atoms with Crippen LogP contribution in [0.25, 0.3) is 10.9 Å². The fourth-order valence-corrected chi connectivity index (χ4v) is 6.08. The van der Waals surface area contributed by atoms with Crippen molar-refractivity contribution in [3.8, 4) is 0 Å². The Morgan fingerprint density at radius 2 is 1.67 bits per heavy atom. The number of hydrogen-bond acceptors (Lipinski definition) is 6. The first-order chi connectivity index (χ1) is 22.2. The van der Waals surface area contributed by atoms with Gasteiger partial charge in [-0.25, -0.2) is 4.79 Å². The Morgan fingerprint density at radius 1 is 1.04 bits per heavy atom. The number of benzene rings is 1. The fraction of sp³-hybridized carbons (Fsp3) is 0.583. The summed E-state index contributed by atoms with van der Waals surface area (Å²) in [7, 11) is 3.38. The van der Waals surface area contributed by atoms with Crippen LogP contribution in [0.2, 0.25) is 0 Å². The van der Waals surface area contributed by atoms with Gasteiger partial charge in [0.25, 0.3) is 0 Å². The summed E-state index contributed by atoms with van der Waals surface area (Å²) < 4.78 is 0. The molecule has 12 heteroatoms. The molecular weight excluding hydrogens is 610 g/mol. The van der Waals surface area contributed by atoms with Gasteiger partial charge in [0.15, 0.2) is 0 Å². The monoisotopic (exact) mass is 667 g/mol. The molecule has 0 fully saturated rings. The molecule has 12 nitrogen and oxygen atoms in total. The number of carboxylic acids is 1. The molecule has 1 heterocycles. The molecule has 4 atom stereocenters. The number of unbranched alkanes of at least 4 members (excludes halogenated alkanes) is 1. The van der Waals surface area contributed by atoms with Gasteiger partial charge in [0.05, 0.1) is 17.9 Å². The van der Waals surface area contributed by atoms with E-state index in [1.165, 1.54) is 0 Å². The first kappa shape index (κ1) is 40.0. The van der Waals surface area contributed by atoms with Crippen molar-refractivity contribution in [2.45, 2.75) is 111 Å². The molecule has 0 spiro atoms. The molecule has 2 rings (SSSR count). The van der Waals surface area contributed by atoms with Crippen LogP contribution in [-0.4, -0.2) is 82.8 Å². The predicted molar refractivity (Wildman–Crippen MR) is 191 cm³/mol. The molecule has 8 N–H and O–H groups in total. The molecule has 0 aliphatic carbocycles. The Kier molecular flexibility index (Phi) is 14.0. The van der Waals surface area contributed by atoms with Crippen LogP contribution in [0.5, 0.6) is 0 Å². The largest absolute Gasteiger partial charge is 0.480 e. The molecule has 0 unspecified atom stereocenters. The Labute approximate surface area is 285 Å². The quantitative estimate of drug-likeness (QED) is 0.0572. The number of hydrogen-bond donors (Lipinski definition) is 7. The van der Waals surface area contributed by atoms with Crippen molar-refractivity contribution in [2.24, 2.45) is 17.1 Å². The molecule has 0 bridgehead atoms. The first-order valence-electron chi connectivity index (χ1n) is 16.6. The zero-order valence-electron chi connectivity index (χ0n) is 30.3. The lowest BCUT2D eigenvalue weighted by molar-refractivity contribution is -0.141. The van der Waals surface area contributed by atoms with E-state index in [2.05, 4.69) is 20.9 Å². The van der Waals surface area contributed by atoms with E-state index >= 15 is 0 Å². The molecule has 3 amide bonds. The summed E-state index contributed by atoms with van der Waals surface area (Å²) in [6, 6.07) is 4.74. The van der Waals surface area contributed by atoms with E-state index in [0.717, 1.165) is 16.5 Å². The van der Waals surface area contributed by atoms with Gasteiger partial charge in [-0.05, 0) is 49.8 Å². The SMILES string of the molecule is CN[C@H](C(=O)N[C@H](C(=O)N(C)[C@H](/C=C(\C)C(=O)N[C@@H](CCCCC(=N)N)C(=O)O)C(C)C)C(C)(C)C)C(C)(C)c1c[nH]c2ccccc12. The lowest BCUT2D eigenvalue weighted by atomic mass is 9.76. The topological polar surface area (TPSA) is 194 Å². The third-order valence-corrected chi connectivity index (χ3v) is 9.00. The van der Waals surface area contributed by atoms with Gasteiger partial charge in [-0.15, -0.1) is 0 Å². The van der Waals surface area contributed by atoms with Gasteiger partial charge in [-0.1, -0.05) is 79.2 Å². The van der Waals surface area contributed by atoms with Gasteiger partial charge >= 0.3 is 5.97 Å². The van der Waals surface area contributed by atoms with Crippen molar-refractivity contribution in [2.75, 3.05) is 14.1 Å². The smallest absolute Gasteiger partial charge is 0.326 e. The second-order valence-electron chi connectivity index (χ2n) is 14.7. The molecular formula is C36H57N7O5. The molecule has 48 heavy (non-hydrogen) atoms. The molecule has 1 aromatic carbocycles. The number of nitrogens with zero attached hydrogens (tertiary/aromatic N) is 1. The maximum absolute atomic E-state index is 14.2. The van der Waals surface area contributed by atoms with Crippen molar-refractivity contribution in [3.05, 3.63) is 47.7 Å². The fourth-order valence-electron chi connectivity index (χ4n) is 6.08. The lowest BCUT2D eigenvalue weighted by Crippen LogP contribution is -2.61. The number of aromatic nitrogens is 1. The van der Waals surface area contributed by atoms with Crippen LogP contribution in [-0.2, 0) is 24.6 Å². The van der Waals surface area contributed by atoms with Crippen LogP contribution in [0, 0.1) is 16.7 Å². The summed E-state index contributed by atoms with van der Waals surface area (Å²) >= 11 is 0. The maximum atomic E-state index is 14.2. The standard InChI is InChI=1S/C36H57N7O5/c1-21(2)27(19-22(3)31(44)41-26(34(47)48)17-13-14-18-28(37)38)43(10)33(46)30(35(4,5)6)42-32(45)29(39-9)36(7,8)24-20-40-25-16-12-11-15-23(24)25/h11-12,15-16,19-21,26-27,29-30,39-40H,13-14,17-18H2,1-10H3,(H3,37,38)(H,41,44)(H,42,45)(H,47,48)/b22-19+/t26-,27+,29+,30+/m0/s1. The summed E-state index contributed by atoms with van der Waals surface area (Å²) in [4.78, 5) is 58.0. The van der Waals surface area contributed by atoms with E-state index < -0.39 is 46.9 Å². The number of nitrogens with one attached hydrogen (secondary N) is 5. The minimum atomic E-state index is -1.15. The number of para-hydroxylation sites is 1. The van der Waals surface area contributed by atoms with E-state index in [-0.39, 0.29) is 35.6 Å². The molecule has 0 saturated heterocycles. The lowest BCUT2D eigenvalue weighted by Gasteiger charge is -2.39. The molecule has 0 aliphatic rings. The predicted octanol–water partition coefficient (Wildman–Crippen LogP) is 4.06. The average molecular weight is 668 g/mol. The summed E-state index contributed by atoms with van der Waals surface area (Å²) in [5, 5.41) is 26.8. The van der Waals surface area contributed by atoms with Crippen LogP contribution >= 0.6 is 0 Å². The van der Waals surface area contributed by atoms with E-state index in [1.54, 1.807) is 32.0 Å². The zero-order chi connectivity index (χ0) is 36.6. The number of likely N-dealkylation sites (N-methyl/N-ethyl adjacent to an activating group) is 2. The third kappa shape index (κ3) is 10.2. The van der Waals surface area contributed by atoms with Gasteiger partial charge < -0.3 is 36.7 Å². The van der Waals surface area contributed by atoms with Crippen molar-refractivity contribution in [3.63, 3.8) is 0 Å². The summed E-state index contributed by atoms with van der Waals surface area (Å²) in [5.74, 6) is -2.39. The minimum Gasteiger partial charge on any atom is -0.480 e. The number of H-pyrrole nitrogens is 1. The molecule has 266 valence electrons. The number of nitrogens with two attached hydrogens (primary N) is 1. The van der Waals surface area contributed by atoms with Crippen LogP contribution in [0.15, 0.2) is 42.1 Å². The zero-order valence-corrected chi connectivity index (χ0v) is 30.3. The summed E-state index contributed by atoms with van der Waals surface area (Å²) in [6.45, 7) is 15.1. The second kappa shape index (κ2) is 16.8. The van der Waals surface area contributed by atoms with Crippen molar-refractivity contribution in [1.82, 2.24) is 25.8 Å². The highest BCUT2D eigenvalue weighted by Crippen LogP contribution is 2.34. The number of amides is 3. The Balaban J connectivity index is 2.29. The molecule has 2 aromatic rings. The molecule has 0 radical (unpaired) electrons. The van der Waals surface area contributed by atoms with Gasteiger partial charge in [0.1, 0.15) is 12.1 Å². The first-order valence-corrected chi connectivity index (χ1v) is 16.6. The molecule has 0 saturated carbocycles. The number of carbonyl (C=O) groups is 4. The van der Waals surface area contributed by atoms with Crippen LogP contribution < -0.4 is 21.7 Å². The van der Waals surface area contributed by atoms with E-state index in [0.29, 0.717) is 19.3 Å². The Hall–Kier alpha value is -4.19. The molecule has 1 aromatic heterocycles. The summed E-state index contributed by atoms with van der Waals surface area (Å²) in [5.41, 5.74) is 6.30. The Bertz CT molecular complexity index is 1490. The third-order valence-electron chi connectivity index (χ3n) is 9.00. The number of carbonyl (C=O) groups excluding carboxylic acids is 3. The van der Waals surface area contributed by atoms with Crippen LogP contribution in [0.3, 0.4) is 0 Å². The van der Waals surface area contributed by atoms with Gasteiger partial charge in [0, 0.05) is 41.6 Å². The van der Waals surface area contributed by atoms with Gasteiger partial charge in [-0.2, -0.15) is 0 Å². The minimum absolute atomic E-state index is 0.0347. The van der Waals surface area contributed by atoms with Crippen molar-refractivity contribution in [1.29, 1.82) is 5.41 Å². The van der Waals surface area contributed by atoms with Crippen LogP contribution in [0.1, 0.15) is 86.6 Å². The van der Waals surface area contributed by atoms with Crippen molar-refractivity contribution < 1.29 is 24.3 Å². The highest BCUT2D eigenvalue weighted by molar-refractivity contribution is 5.96. The number of aliphatic carboxylic acids is 1. The van der Waals surface area contributed by atoms with E-state index in [1.807, 2.05) is 78.9 Å². The van der Waals surface area contributed by atoms with Crippen molar-refractivity contribution >= 4 is 40.4 Å². The van der Waals surface area contributed by atoms with E-state index in [9.17, 15) is 24.3 Å². The van der Waals surface area contributed by atoms with Gasteiger partial charge in [0.2, 0.25) is 17.7 Å².